The molecule has 8 atom stereocenters. The highest BCUT2D eigenvalue weighted by atomic mass is 31.2. The Morgan fingerprint density at radius 3 is 1.07 bits per heavy atom. The van der Waals surface area contributed by atoms with Crippen molar-refractivity contribution < 1.29 is 87.8 Å². The molecule has 0 spiro atoms. The normalized spacial score (nSPS) is 18.0. The molecule has 12 rings (SSSR count). The van der Waals surface area contributed by atoms with Crippen molar-refractivity contribution in [3.8, 4) is 5.75 Å². The molecule has 0 amide bonds. The third kappa shape index (κ3) is 26.7. The molecule has 0 aliphatic carbocycles. The van der Waals surface area contributed by atoms with Crippen LogP contribution < -0.4 is 48.9 Å². The lowest BCUT2D eigenvalue weighted by Gasteiger charge is -2.20. The summed E-state index contributed by atoms with van der Waals surface area (Å²) in [5.74, 6) is 3.08. The second kappa shape index (κ2) is 41.7. The van der Waals surface area contributed by atoms with Crippen LogP contribution >= 0.6 is 29.5 Å². The Morgan fingerprint density at radius 2 is 0.752 bits per heavy atom. The lowest BCUT2D eigenvalue weighted by molar-refractivity contribution is 0.107. The van der Waals surface area contributed by atoms with Gasteiger partial charge in [0.05, 0.1) is 85.3 Å². The number of hydrogen-bond acceptors (Lipinski definition) is 34. The fourth-order valence-corrected chi connectivity index (χ4v) is 14.5. The van der Waals surface area contributed by atoms with E-state index in [0.717, 1.165) is 16.9 Å². The highest BCUT2D eigenvalue weighted by molar-refractivity contribution is 7.58. The van der Waals surface area contributed by atoms with E-state index in [9.17, 15) is 27.0 Å². The van der Waals surface area contributed by atoms with Gasteiger partial charge in [-0.2, -0.15) is 0 Å². The predicted molar refractivity (Wildman–Crippen MR) is 420 cm³/mol. The summed E-state index contributed by atoms with van der Waals surface area (Å²) in [5.41, 5.74) is 29.8. The number of nitrogens with two attached hydrogens (primary N) is 4. The van der Waals surface area contributed by atoms with Gasteiger partial charge in [-0.1, -0.05) is 54.1 Å². The second-order valence-corrected chi connectivity index (χ2v) is 36.0. The standard InChI is InChI=1S/C18H25FN5O5P.C18H26N5O4P.C17H23FN5O4P.C16H23N6O4P/c1-26-14-5-4-12(8-13(14)19)9-29-30(3,25)11-28-7-6-24-10-21-15-16(24)22-18(20)23-17(15)27-2;1-13-4-6-14(7-5-13)10-27-28(3,24)12-26-9-8-23-11-20-15-16(23)21-18(19)22-17(15)25-2;1-25-16-14-15(21-17(19)22-16)23(10-20-14)6-7-26-11-28(2,24)27-9-12-4-3-5-13(18)8-12;1-24-15-13-14(20-16(17)21-15)22(10-19-13)6-7-25-11-27(2,23)26-9-12-4-3-5-18-8-12/h4-5,8,10,17H,6-7,9,11H2,1-3H3,(H3,20,22,23);4-7,11,17H,8-10,12H2,1-3H3,(H3,19,21,22);3-5,8,10,16H,6-7,9,11H2,1-2H3,(H3,19,21,22);3-5,8,10,15H,6-7,9,11H2,1-2H3,(H3,17,20,21). The van der Waals surface area contributed by atoms with Gasteiger partial charge in [0.1, 0.15) is 77.3 Å². The number of aryl methyl sites for hydroxylation is 1. The molecule has 8 unspecified atom stereocenters. The number of guanidine groups is 4. The van der Waals surface area contributed by atoms with Gasteiger partial charge in [-0.3, -0.25) is 23.2 Å². The summed E-state index contributed by atoms with van der Waals surface area (Å²) in [6, 6.07) is 22.0. The maximum atomic E-state index is 13.7. The molecule has 0 saturated carbocycles. The maximum absolute atomic E-state index is 13.7. The van der Waals surface area contributed by atoms with Gasteiger partial charge >= 0.3 is 0 Å². The number of aromatic nitrogens is 9. The number of anilines is 4. The number of methoxy groups -OCH3 is 5. The Morgan fingerprint density at radius 1 is 0.425 bits per heavy atom. The summed E-state index contributed by atoms with van der Waals surface area (Å²) >= 11 is 0. The highest BCUT2D eigenvalue weighted by Gasteiger charge is 2.30. The topological polar surface area (TPSA) is 474 Å². The fraction of sp³-hybridized carbons (Fsp3) is 0.435. The average Bonchev–Trinajstić information content (AvgIpc) is 1.68. The van der Waals surface area contributed by atoms with Gasteiger partial charge in [0.25, 0.3) is 0 Å². The molecule has 0 bridgehead atoms. The first-order chi connectivity index (χ1) is 54.1. The number of rotatable bonds is 37. The van der Waals surface area contributed by atoms with Gasteiger partial charge in [-0.15, -0.1) is 0 Å². The van der Waals surface area contributed by atoms with E-state index < -0.39 is 60.2 Å². The van der Waals surface area contributed by atoms with Gasteiger partial charge in [-0.05, 0) is 59.5 Å². The molecule has 9 heterocycles. The number of aliphatic imine (C=N–C) groups is 4. The van der Waals surface area contributed by atoms with Crippen molar-refractivity contribution in [1.29, 1.82) is 0 Å². The zero-order valence-corrected chi connectivity index (χ0v) is 67.8. The van der Waals surface area contributed by atoms with Gasteiger partial charge in [-0.25, -0.2) is 48.7 Å². The van der Waals surface area contributed by atoms with Crippen LogP contribution in [-0.2, 0) is 127 Å². The largest absolute Gasteiger partial charge is 0.494 e. The van der Waals surface area contributed by atoms with E-state index in [1.165, 1.54) is 64.5 Å². The Kier molecular flexibility index (Phi) is 32.4. The van der Waals surface area contributed by atoms with Crippen molar-refractivity contribution in [2.24, 2.45) is 42.9 Å². The lowest BCUT2D eigenvalue weighted by atomic mass is 10.2. The first-order valence-corrected chi connectivity index (χ1v) is 44.0. The molecule has 614 valence electrons. The lowest BCUT2D eigenvalue weighted by Crippen LogP contribution is -2.30. The number of benzene rings is 3. The van der Waals surface area contributed by atoms with Crippen LogP contribution in [0.1, 0.15) is 75.5 Å². The van der Waals surface area contributed by atoms with Crippen molar-refractivity contribution in [3.63, 3.8) is 0 Å². The van der Waals surface area contributed by atoms with E-state index in [1.807, 2.05) is 55.5 Å². The minimum Gasteiger partial charge on any atom is -0.494 e. The van der Waals surface area contributed by atoms with Crippen molar-refractivity contribution in [2.45, 2.75) is 84.4 Å². The fourth-order valence-electron chi connectivity index (χ4n) is 10.7. The van der Waals surface area contributed by atoms with Crippen molar-refractivity contribution in [1.82, 2.24) is 43.2 Å². The summed E-state index contributed by atoms with van der Waals surface area (Å²) in [7, 11) is -4.16. The molecule has 5 aromatic heterocycles. The molecule has 38 nitrogen and oxygen atoms in total. The van der Waals surface area contributed by atoms with E-state index in [1.54, 1.807) is 89.5 Å². The van der Waals surface area contributed by atoms with E-state index >= 15 is 0 Å². The molecule has 0 fully saturated rings. The quantitative estimate of drug-likeness (QED) is 0.0133. The molecule has 0 radical (unpaired) electrons. The summed E-state index contributed by atoms with van der Waals surface area (Å²) in [6.07, 6.45) is 7.74. The molecule has 4 aliphatic heterocycles. The van der Waals surface area contributed by atoms with Crippen LogP contribution in [0.3, 0.4) is 0 Å². The van der Waals surface area contributed by atoms with Crippen LogP contribution in [0.4, 0.5) is 32.1 Å². The molecule has 113 heavy (non-hydrogen) atoms. The number of halogens is 2. The minimum atomic E-state index is -3.02. The Labute approximate surface area is 651 Å². The maximum Gasteiger partial charge on any atom is 0.225 e. The molecule has 0 saturated heterocycles. The number of ether oxygens (including phenoxy) is 9. The Hall–Kier alpha value is -9.17. The molecule has 3 aromatic carbocycles. The van der Waals surface area contributed by atoms with Crippen LogP contribution in [0.25, 0.3) is 0 Å². The number of imidazole rings is 4. The predicted octanol–water partition coefficient (Wildman–Crippen LogP) is 9.46. The van der Waals surface area contributed by atoms with Crippen LogP contribution in [-0.4, -0.2) is 181 Å². The van der Waals surface area contributed by atoms with Gasteiger partial charge in [0, 0.05) is 93.7 Å². The zero-order chi connectivity index (χ0) is 81.3. The number of nitrogens with one attached hydrogen (secondary N) is 4. The third-order valence-corrected chi connectivity index (χ3v) is 21.8. The molecule has 44 heteroatoms. The molecule has 4 aliphatic rings. The van der Waals surface area contributed by atoms with E-state index in [2.05, 4.69) is 66.2 Å². The summed E-state index contributed by atoms with van der Waals surface area (Å²) < 4.78 is 154. The number of fused-ring (bicyclic) bond motifs is 4. The summed E-state index contributed by atoms with van der Waals surface area (Å²) in [4.78, 5) is 37.7. The third-order valence-electron chi connectivity index (χ3n) is 16.5. The van der Waals surface area contributed by atoms with E-state index in [-0.39, 0.29) is 87.2 Å². The first-order valence-electron chi connectivity index (χ1n) is 35.0. The average molecular weight is 1650 g/mol. The molecular weight excluding hydrogens is 1560 g/mol. The zero-order valence-electron chi connectivity index (χ0n) is 64.2. The molecule has 8 aromatic rings. The van der Waals surface area contributed by atoms with Gasteiger partial charge < -0.3 is 123 Å². The Bertz CT molecular complexity index is 4760. The van der Waals surface area contributed by atoms with Crippen molar-refractivity contribution in [2.75, 3.05) is 135 Å². The van der Waals surface area contributed by atoms with Crippen molar-refractivity contribution >= 4 is 76.6 Å². The first kappa shape index (κ1) is 87.8. The van der Waals surface area contributed by atoms with Gasteiger partial charge in [0.15, 0.2) is 60.3 Å². The van der Waals surface area contributed by atoms with Gasteiger partial charge in [0.2, 0.25) is 29.5 Å². The van der Waals surface area contributed by atoms with Crippen molar-refractivity contribution in [3.05, 3.63) is 179 Å². The number of pyridine rings is 1. The van der Waals surface area contributed by atoms with Crippen LogP contribution in [0.2, 0.25) is 0 Å². The van der Waals surface area contributed by atoms with E-state index in [4.69, 9.17) is 83.7 Å². The Balaban J connectivity index is 0.000000173. The monoisotopic (exact) mass is 1650 g/mol. The number of nitrogens with zero attached hydrogens (tertiary/aromatic N) is 13. The SMILES string of the molecule is COC1N=C(N)Nc2c1ncn2CCOCP(C)(=O)OCc1ccc(C)cc1.COC1N=C(N)Nc2c1ncn2CCOCP(C)(=O)OCc1cccc(F)c1.COC1N=C(N)Nc2c1ncn2CCOCP(C)(=O)OCc1cccnc1.COc1ccc(COP(C)(=O)COCCn2cnc3c2NC(N)=NC3OC)cc1F. The summed E-state index contributed by atoms with van der Waals surface area (Å²) in [6.45, 7) is 11.9. The number of hydrogen-bond donors (Lipinski definition) is 8. The molecular formula is C69H97F2N21O17P4. The molecule has 12 N–H and O–H groups in total. The summed E-state index contributed by atoms with van der Waals surface area (Å²) in [5, 5.41) is 11.9. The smallest absolute Gasteiger partial charge is 0.225 e. The second-order valence-electron chi connectivity index (χ2n) is 25.8. The van der Waals surface area contributed by atoms with E-state index in [0.29, 0.717) is 104 Å². The van der Waals surface area contributed by atoms with Crippen LogP contribution in [0.15, 0.2) is 137 Å². The minimum absolute atomic E-state index is 0.00795. The van der Waals surface area contributed by atoms with Crippen LogP contribution in [0.5, 0.6) is 5.75 Å². The highest BCUT2D eigenvalue weighted by Crippen LogP contribution is 2.47. The van der Waals surface area contributed by atoms with Crippen LogP contribution in [0, 0.1) is 18.6 Å².